The highest BCUT2D eigenvalue weighted by atomic mass is 19.4. The minimum absolute atomic E-state index is 0.0454. The van der Waals surface area contributed by atoms with Crippen LogP contribution in [0.3, 0.4) is 0 Å². The van der Waals surface area contributed by atoms with Crippen molar-refractivity contribution in [3.8, 4) is 6.07 Å². The Morgan fingerprint density at radius 1 is 1.40 bits per heavy atom. The lowest BCUT2D eigenvalue weighted by molar-refractivity contribution is -0.137. The first-order valence-electron chi connectivity index (χ1n) is 6.04. The largest absolute Gasteiger partial charge is 0.416 e. The first-order chi connectivity index (χ1) is 9.40. The Morgan fingerprint density at radius 3 is 2.70 bits per heavy atom. The van der Waals surface area contributed by atoms with E-state index in [1.807, 2.05) is 0 Å². The van der Waals surface area contributed by atoms with E-state index in [4.69, 9.17) is 5.26 Å². The summed E-state index contributed by atoms with van der Waals surface area (Å²) >= 11 is 0. The summed E-state index contributed by atoms with van der Waals surface area (Å²) in [5.74, 6) is -0.0454. The molecule has 1 aliphatic rings. The minimum atomic E-state index is -4.47. The number of piperidine rings is 1. The molecule has 0 saturated carbocycles. The smallest absolute Gasteiger partial charge is 0.379 e. The Labute approximate surface area is 113 Å². The lowest BCUT2D eigenvalue weighted by Crippen LogP contribution is -2.42. The van der Waals surface area contributed by atoms with Crippen LogP contribution in [0.4, 0.5) is 18.9 Å². The molecule has 0 aliphatic carbocycles. The number of nitriles is 1. The number of benzene rings is 1. The van der Waals surface area contributed by atoms with Crippen LogP contribution >= 0.6 is 0 Å². The van der Waals surface area contributed by atoms with Gasteiger partial charge in [0.05, 0.1) is 16.8 Å². The number of nitrogens with zero attached hydrogens (tertiary/aromatic N) is 1. The van der Waals surface area contributed by atoms with Gasteiger partial charge in [0, 0.05) is 19.0 Å². The van der Waals surface area contributed by atoms with Gasteiger partial charge in [-0.3, -0.25) is 4.79 Å². The highest BCUT2D eigenvalue weighted by Crippen LogP contribution is 2.32. The molecule has 1 atom stereocenters. The molecule has 2 rings (SSSR count). The molecule has 1 amide bonds. The van der Waals surface area contributed by atoms with Crippen molar-refractivity contribution in [1.29, 1.82) is 5.26 Å². The van der Waals surface area contributed by atoms with Gasteiger partial charge in [-0.25, -0.2) is 0 Å². The molecule has 1 aromatic rings. The number of carbonyl (C=O) groups excluding carboxylic acids is 1. The number of hydrogen-bond donors (Lipinski definition) is 2. The second-order valence-corrected chi connectivity index (χ2v) is 4.55. The van der Waals surface area contributed by atoms with Gasteiger partial charge in [-0.2, -0.15) is 18.4 Å². The summed E-state index contributed by atoms with van der Waals surface area (Å²) in [4.78, 5) is 11.0. The maximum absolute atomic E-state index is 12.6. The SMILES string of the molecule is N#Cc1cc(C(F)(F)F)ccc1NC1CCC(=O)NC1. The van der Waals surface area contributed by atoms with Gasteiger partial charge in [0.25, 0.3) is 0 Å². The van der Waals surface area contributed by atoms with E-state index < -0.39 is 11.7 Å². The van der Waals surface area contributed by atoms with E-state index in [0.29, 0.717) is 25.1 Å². The van der Waals surface area contributed by atoms with Gasteiger partial charge in [-0.1, -0.05) is 0 Å². The quantitative estimate of drug-likeness (QED) is 0.875. The average Bonchev–Trinajstić information content (AvgIpc) is 2.40. The van der Waals surface area contributed by atoms with Gasteiger partial charge in [0.1, 0.15) is 6.07 Å². The van der Waals surface area contributed by atoms with E-state index >= 15 is 0 Å². The van der Waals surface area contributed by atoms with Crippen molar-refractivity contribution < 1.29 is 18.0 Å². The summed E-state index contributed by atoms with van der Waals surface area (Å²) < 4.78 is 37.7. The molecule has 4 nitrogen and oxygen atoms in total. The Morgan fingerprint density at radius 2 is 2.15 bits per heavy atom. The Kier molecular flexibility index (Phi) is 3.84. The molecular weight excluding hydrogens is 271 g/mol. The molecule has 7 heteroatoms. The minimum Gasteiger partial charge on any atom is -0.379 e. The van der Waals surface area contributed by atoms with Crippen molar-refractivity contribution >= 4 is 11.6 Å². The molecule has 0 radical (unpaired) electrons. The number of alkyl halides is 3. The van der Waals surface area contributed by atoms with E-state index in [2.05, 4.69) is 10.6 Å². The molecule has 106 valence electrons. The summed E-state index contributed by atoms with van der Waals surface area (Å²) in [7, 11) is 0. The van der Waals surface area contributed by atoms with Crippen molar-refractivity contribution in [2.45, 2.75) is 25.1 Å². The molecule has 1 fully saturated rings. The number of halogens is 3. The fourth-order valence-corrected chi connectivity index (χ4v) is 2.01. The number of carbonyl (C=O) groups is 1. The maximum Gasteiger partial charge on any atom is 0.416 e. The number of anilines is 1. The van der Waals surface area contributed by atoms with Crippen LogP contribution in [-0.2, 0) is 11.0 Å². The summed E-state index contributed by atoms with van der Waals surface area (Å²) in [6.45, 7) is 0.394. The third kappa shape index (κ3) is 3.20. The van der Waals surface area contributed by atoms with E-state index in [1.165, 1.54) is 6.07 Å². The second-order valence-electron chi connectivity index (χ2n) is 4.55. The lowest BCUT2D eigenvalue weighted by Gasteiger charge is -2.25. The van der Waals surface area contributed by atoms with E-state index in [1.54, 1.807) is 6.07 Å². The summed E-state index contributed by atoms with van der Waals surface area (Å²) in [6.07, 6.45) is -3.53. The molecule has 1 saturated heterocycles. The normalized spacial score (nSPS) is 19.1. The Bertz CT molecular complexity index is 553. The zero-order valence-electron chi connectivity index (χ0n) is 10.4. The average molecular weight is 283 g/mol. The number of nitrogens with one attached hydrogen (secondary N) is 2. The summed E-state index contributed by atoms with van der Waals surface area (Å²) in [6, 6.07) is 4.68. The fourth-order valence-electron chi connectivity index (χ4n) is 2.01. The maximum atomic E-state index is 12.6. The Hall–Kier alpha value is -2.23. The van der Waals surface area contributed by atoms with Gasteiger partial charge in [-0.05, 0) is 24.6 Å². The molecule has 1 heterocycles. The molecule has 0 spiro atoms. The third-order valence-corrected chi connectivity index (χ3v) is 3.09. The van der Waals surface area contributed by atoms with Crippen molar-refractivity contribution in [2.24, 2.45) is 0 Å². The van der Waals surface area contributed by atoms with Crippen molar-refractivity contribution in [1.82, 2.24) is 5.32 Å². The van der Waals surface area contributed by atoms with Gasteiger partial charge >= 0.3 is 6.18 Å². The molecule has 20 heavy (non-hydrogen) atoms. The van der Waals surface area contributed by atoms with Crippen molar-refractivity contribution in [3.05, 3.63) is 29.3 Å². The molecule has 0 bridgehead atoms. The second kappa shape index (κ2) is 5.41. The zero-order chi connectivity index (χ0) is 14.8. The van der Waals surface area contributed by atoms with Crippen LogP contribution in [0.15, 0.2) is 18.2 Å². The van der Waals surface area contributed by atoms with E-state index in [9.17, 15) is 18.0 Å². The summed E-state index contributed by atoms with van der Waals surface area (Å²) in [5, 5.41) is 14.6. The van der Waals surface area contributed by atoms with Crippen LogP contribution in [0.5, 0.6) is 0 Å². The molecule has 2 N–H and O–H groups in total. The molecule has 1 unspecified atom stereocenters. The topological polar surface area (TPSA) is 64.9 Å². The standard InChI is InChI=1S/C13H12F3N3O/c14-13(15,16)9-1-3-11(8(5-9)6-17)19-10-2-4-12(20)18-7-10/h1,3,5,10,19H,2,4,7H2,(H,18,20). The number of amides is 1. The first kappa shape index (κ1) is 14.2. The number of rotatable bonds is 2. The van der Waals surface area contributed by atoms with Gasteiger partial charge in [-0.15, -0.1) is 0 Å². The first-order valence-corrected chi connectivity index (χ1v) is 6.04. The fraction of sp³-hybridized carbons (Fsp3) is 0.385. The molecule has 1 aliphatic heterocycles. The van der Waals surface area contributed by atoms with Crippen LogP contribution in [0.25, 0.3) is 0 Å². The van der Waals surface area contributed by atoms with Crippen molar-refractivity contribution in [3.63, 3.8) is 0 Å². The van der Waals surface area contributed by atoms with Crippen LogP contribution in [-0.4, -0.2) is 18.5 Å². The van der Waals surface area contributed by atoms with Crippen molar-refractivity contribution in [2.75, 3.05) is 11.9 Å². The van der Waals surface area contributed by atoms with Crippen LogP contribution in [0.2, 0.25) is 0 Å². The highest BCUT2D eigenvalue weighted by Gasteiger charge is 2.31. The van der Waals surface area contributed by atoms with Gasteiger partial charge in [0.2, 0.25) is 5.91 Å². The Balaban J connectivity index is 2.16. The van der Waals surface area contributed by atoms with E-state index in [0.717, 1.165) is 12.1 Å². The van der Waals surface area contributed by atoms with E-state index in [-0.39, 0.29) is 17.5 Å². The highest BCUT2D eigenvalue weighted by molar-refractivity contribution is 5.77. The monoisotopic (exact) mass is 283 g/mol. The molecular formula is C13H12F3N3O. The predicted octanol–water partition coefficient (Wildman–Crippen LogP) is 2.27. The molecule has 1 aromatic carbocycles. The van der Waals surface area contributed by atoms with Gasteiger partial charge in [0.15, 0.2) is 0 Å². The zero-order valence-corrected chi connectivity index (χ0v) is 10.4. The third-order valence-electron chi connectivity index (χ3n) is 3.09. The van der Waals surface area contributed by atoms with Crippen LogP contribution in [0.1, 0.15) is 24.0 Å². The molecule has 0 aromatic heterocycles. The van der Waals surface area contributed by atoms with Crippen LogP contribution < -0.4 is 10.6 Å². The lowest BCUT2D eigenvalue weighted by atomic mass is 10.0. The number of hydrogen-bond acceptors (Lipinski definition) is 3. The van der Waals surface area contributed by atoms with Crippen LogP contribution in [0, 0.1) is 11.3 Å². The predicted molar refractivity (Wildman–Crippen MR) is 65.8 cm³/mol. The van der Waals surface area contributed by atoms with Gasteiger partial charge < -0.3 is 10.6 Å². The summed E-state index contributed by atoms with van der Waals surface area (Å²) in [5.41, 5.74) is -0.560.